The summed E-state index contributed by atoms with van der Waals surface area (Å²) in [4.78, 5) is 59.5. The van der Waals surface area contributed by atoms with Gasteiger partial charge in [-0.25, -0.2) is 14.6 Å². The van der Waals surface area contributed by atoms with Gasteiger partial charge in [-0.3, -0.25) is 24.7 Å². The minimum absolute atomic E-state index is 0. The molecule has 0 saturated carbocycles. The van der Waals surface area contributed by atoms with Crippen molar-refractivity contribution in [2.24, 2.45) is 0 Å². The fourth-order valence-electron chi connectivity index (χ4n) is 7.03. The van der Waals surface area contributed by atoms with Gasteiger partial charge in [0.2, 0.25) is 17.8 Å². The molecule has 1 atom stereocenters. The zero-order chi connectivity index (χ0) is 46.4. The van der Waals surface area contributed by atoms with Gasteiger partial charge in [0.25, 0.3) is 0 Å². The average Bonchev–Trinajstić information content (AvgIpc) is 3.84. The number of rotatable bonds is 15. The summed E-state index contributed by atoms with van der Waals surface area (Å²) in [6, 6.07) is 50.9. The van der Waals surface area contributed by atoms with E-state index in [0.717, 1.165) is 22.3 Å². The quantitative estimate of drug-likeness (QED) is 0.0760. The molecule has 338 valence electrons. The van der Waals surface area contributed by atoms with Gasteiger partial charge in [0, 0.05) is 30.4 Å². The average molecular weight is 904 g/mol. The number of aromatic nitrogens is 5. The maximum atomic E-state index is 13.3. The van der Waals surface area contributed by atoms with Gasteiger partial charge < -0.3 is 23.7 Å². The van der Waals surface area contributed by atoms with Crippen LogP contribution in [0.5, 0.6) is 11.5 Å². The first kappa shape index (κ1) is 46.9. The summed E-state index contributed by atoms with van der Waals surface area (Å²) in [5.41, 5.74) is 6.76. The van der Waals surface area contributed by atoms with Gasteiger partial charge in [0.1, 0.15) is 28.6 Å². The summed E-state index contributed by atoms with van der Waals surface area (Å²) >= 11 is 0. The van der Waals surface area contributed by atoms with E-state index in [1.165, 1.54) is 6.20 Å². The van der Waals surface area contributed by atoms with Crippen molar-refractivity contribution in [2.45, 2.75) is 20.5 Å². The van der Waals surface area contributed by atoms with E-state index < -0.39 is 30.4 Å². The monoisotopic (exact) mass is 903 g/mol. The number of hydrogen-bond acceptors (Lipinski definition) is 12. The van der Waals surface area contributed by atoms with Gasteiger partial charge in [-0.05, 0) is 114 Å². The lowest BCUT2D eigenvalue weighted by Gasteiger charge is -2.17. The van der Waals surface area contributed by atoms with E-state index in [0.29, 0.717) is 63.7 Å². The van der Waals surface area contributed by atoms with Crippen LogP contribution in [0.4, 0.5) is 0 Å². The highest BCUT2D eigenvalue weighted by Gasteiger charge is 2.30. The molecule has 0 aliphatic heterocycles. The van der Waals surface area contributed by atoms with Gasteiger partial charge >= 0.3 is 11.9 Å². The second-order valence-corrected chi connectivity index (χ2v) is 14.5. The van der Waals surface area contributed by atoms with Crippen molar-refractivity contribution >= 4 is 17.7 Å². The number of esters is 1. The van der Waals surface area contributed by atoms with Gasteiger partial charge in [0.15, 0.2) is 12.4 Å². The fraction of sp³-hybridized carbons (Fsp3) is 0.0909. The summed E-state index contributed by atoms with van der Waals surface area (Å²) in [6.45, 7) is 2.04. The van der Waals surface area contributed by atoms with Crippen LogP contribution in [0.15, 0.2) is 199 Å². The Morgan fingerprint density at radius 1 is 0.588 bits per heavy atom. The molecule has 0 aliphatic rings. The van der Waals surface area contributed by atoms with Crippen LogP contribution >= 0.6 is 0 Å². The lowest BCUT2D eigenvalue weighted by atomic mass is 9.99. The summed E-state index contributed by atoms with van der Waals surface area (Å²) in [7, 11) is 0. The lowest BCUT2D eigenvalue weighted by Crippen LogP contribution is -2.22. The van der Waals surface area contributed by atoms with Gasteiger partial charge in [0.05, 0.1) is 23.6 Å². The zero-order valence-corrected chi connectivity index (χ0v) is 36.0. The minimum atomic E-state index is -1.23. The van der Waals surface area contributed by atoms with Crippen molar-refractivity contribution in [1.29, 1.82) is 0 Å². The predicted molar refractivity (Wildman–Crippen MR) is 258 cm³/mol. The molecule has 1 N–H and O–H groups in total. The summed E-state index contributed by atoms with van der Waals surface area (Å²) in [5.74, 6) is 0.0113. The molecule has 0 radical (unpaired) electrons. The Bertz CT molecular complexity index is 3040. The van der Waals surface area contributed by atoms with Gasteiger partial charge in [-0.2, -0.15) is 0 Å². The highest BCUT2D eigenvalue weighted by molar-refractivity contribution is 6.02. The second-order valence-electron chi connectivity index (χ2n) is 14.5. The number of carbonyl (C=O) groups excluding carboxylic acids is 2. The number of benzene rings is 4. The molecule has 13 heteroatoms. The topological polar surface area (TPSA) is 177 Å². The molecule has 9 rings (SSSR count). The van der Waals surface area contributed by atoms with Crippen molar-refractivity contribution < 1.29 is 38.1 Å². The Labute approximate surface area is 392 Å². The number of nitrogens with zero attached hydrogens (tertiary/aromatic N) is 5. The largest absolute Gasteiger partial charge is 0.494 e. The third-order valence-corrected chi connectivity index (χ3v) is 10.0. The number of pyridine rings is 4. The Morgan fingerprint density at radius 2 is 1.16 bits per heavy atom. The molecule has 0 bridgehead atoms. The van der Waals surface area contributed by atoms with E-state index in [2.05, 4.69) is 19.9 Å². The number of carboxylic acids is 1. The predicted octanol–water partition coefficient (Wildman–Crippen LogP) is 11.6. The molecule has 5 aromatic heterocycles. The number of hydrogen-bond donors (Lipinski definition) is 1. The normalized spacial score (nSPS) is 10.9. The van der Waals surface area contributed by atoms with E-state index in [9.17, 15) is 14.4 Å². The van der Waals surface area contributed by atoms with E-state index in [1.807, 2.05) is 116 Å². The molecule has 0 fully saturated rings. The van der Waals surface area contributed by atoms with E-state index in [-0.39, 0.29) is 13.1 Å². The van der Waals surface area contributed by atoms with E-state index in [1.54, 1.807) is 79.3 Å². The fourth-order valence-corrected chi connectivity index (χ4v) is 7.03. The maximum Gasteiger partial charge on any atom is 0.341 e. The summed E-state index contributed by atoms with van der Waals surface area (Å²) in [6.07, 6.45) is 5.26. The first-order valence-electron chi connectivity index (χ1n) is 21.1. The highest BCUT2D eigenvalue weighted by Crippen LogP contribution is 2.39. The smallest absolute Gasteiger partial charge is 0.341 e. The molecule has 4 aromatic carbocycles. The molecule has 13 nitrogen and oxygen atoms in total. The van der Waals surface area contributed by atoms with Crippen molar-refractivity contribution in [1.82, 2.24) is 24.9 Å². The van der Waals surface area contributed by atoms with Crippen molar-refractivity contribution in [3.8, 4) is 68.0 Å². The zero-order valence-electron chi connectivity index (χ0n) is 36.0. The SMILES string of the molecule is C.CCOc1cccc(-c2ccccc2C(=O)OC(C(=O)c2ccccn2)c2ccccn2)c1.O=C(O)COc1cccc(-c2ccccc2-c2nc(-c3ccccn3)c(-c3ccccn3)o2)c1. The number of carbonyl (C=O) groups is 3. The Balaban J connectivity index is 0.000000199. The number of oxazole rings is 1. The van der Waals surface area contributed by atoms with Crippen LogP contribution < -0.4 is 9.47 Å². The number of aliphatic carboxylic acids is 1. The molecule has 5 heterocycles. The van der Waals surface area contributed by atoms with Crippen LogP contribution in [0.1, 0.15) is 47.0 Å². The van der Waals surface area contributed by atoms with Crippen LogP contribution in [0.2, 0.25) is 0 Å². The Hall–Kier alpha value is -9.10. The van der Waals surface area contributed by atoms with Crippen molar-refractivity contribution in [3.05, 3.63) is 212 Å². The molecule has 1 unspecified atom stereocenters. The van der Waals surface area contributed by atoms with Crippen LogP contribution in [0, 0.1) is 0 Å². The minimum Gasteiger partial charge on any atom is -0.494 e. The van der Waals surface area contributed by atoms with Gasteiger partial charge in [-0.15, -0.1) is 0 Å². The molecular weight excluding hydrogens is 859 g/mol. The molecule has 68 heavy (non-hydrogen) atoms. The second kappa shape index (κ2) is 22.7. The number of Topliss-reactive ketones (excluding diaryl/α,β-unsaturated/α-hetero) is 1. The first-order valence-corrected chi connectivity index (χ1v) is 21.1. The van der Waals surface area contributed by atoms with Crippen LogP contribution in [0.3, 0.4) is 0 Å². The number of carboxylic acid groups (broad SMARTS) is 1. The van der Waals surface area contributed by atoms with Crippen LogP contribution in [0.25, 0.3) is 56.6 Å². The first-order chi connectivity index (χ1) is 32.9. The molecule has 0 spiro atoms. The van der Waals surface area contributed by atoms with Crippen LogP contribution in [-0.2, 0) is 9.53 Å². The summed E-state index contributed by atoms with van der Waals surface area (Å²) in [5, 5.41) is 8.91. The third-order valence-electron chi connectivity index (χ3n) is 10.0. The molecular formula is C55H45N5O8. The van der Waals surface area contributed by atoms with Crippen molar-refractivity contribution in [3.63, 3.8) is 0 Å². The highest BCUT2D eigenvalue weighted by atomic mass is 16.5. The maximum absolute atomic E-state index is 13.3. The molecule has 0 aliphatic carbocycles. The number of ether oxygens (including phenoxy) is 3. The standard InChI is InChI=1S/C27H19N3O4.C27H22N2O4.CH4/c31-24(32)17-33-19-9-7-8-18(16-19)20-10-1-2-11-21(20)27-30-25(22-12-3-5-14-28-22)26(34-27)23-13-4-6-15-29-23;1-2-32-20-11-9-10-19(18-20)21-12-3-4-13-22(21)27(31)33-26(24-15-6-8-17-29-24)25(30)23-14-5-7-16-28-23;/h1-16H,17H2,(H,31,32);3-18,26H,2H2,1H3;1H4. The summed E-state index contributed by atoms with van der Waals surface area (Å²) < 4.78 is 23.0. The van der Waals surface area contributed by atoms with Gasteiger partial charge in [-0.1, -0.05) is 92.4 Å². The number of ketones is 1. The van der Waals surface area contributed by atoms with Crippen molar-refractivity contribution in [2.75, 3.05) is 13.2 Å². The van der Waals surface area contributed by atoms with Crippen LogP contribution in [-0.4, -0.2) is 61.0 Å². The van der Waals surface area contributed by atoms with E-state index in [4.69, 9.17) is 28.7 Å². The molecule has 0 saturated heterocycles. The Kier molecular flexibility index (Phi) is 15.6. The molecule has 9 aromatic rings. The lowest BCUT2D eigenvalue weighted by molar-refractivity contribution is -0.139. The Morgan fingerprint density at radius 3 is 1.78 bits per heavy atom. The third kappa shape index (κ3) is 11.4. The van der Waals surface area contributed by atoms with E-state index >= 15 is 0 Å². The molecule has 0 amide bonds.